The minimum absolute atomic E-state index is 0.121. The van der Waals surface area contributed by atoms with Crippen LogP contribution in [0.15, 0.2) is 18.3 Å². The fourth-order valence-corrected chi connectivity index (χ4v) is 1.35. The molecule has 0 aromatic carbocycles. The minimum Gasteiger partial charge on any atom is -0.439 e. The lowest BCUT2D eigenvalue weighted by molar-refractivity contribution is -0.125. The van der Waals surface area contributed by atoms with Gasteiger partial charge in [0.15, 0.2) is 6.61 Å². The number of nitrogens with one attached hydrogen (secondary N) is 1. The average molecular weight is 194 g/mol. The first-order valence-corrected chi connectivity index (χ1v) is 4.37. The number of nitrogens with zero attached hydrogens (tertiary/aromatic N) is 1. The van der Waals surface area contributed by atoms with E-state index in [1.54, 1.807) is 6.20 Å². The van der Waals surface area contributed by atoms with Crippen LogP contribution in [-0.2, 0) is 16.0 Å². The van der Waals surface area contributed by atoms with E-state index in [-0.39, 0.29) is 12.5 Å². The quantitative estimate of drug-likeness (QED) is 0.763. The Morgan fingerprint density at radius 2 is 2.36 bits per heavy atom. The lowest BCUT2D eigenvalue weighted by atomic mass is 10.3. The highest BCUT2D eigenvalue weighted by Crippen LogP contribution is 2.06. The molecule has 1 aliphatic heterocycles. The van der Waals surface area contributed by atoms with Gasteiger partial charge in [-0.3, -0.25) is 4.79 Å². The molecule has 14 heavy (non-hydrogen) atoms. The van der Waals surface area contributed by atoms with Crippen LogP contribution in [0.5, 0.6) is 0 Å². The monoisotopic (exact) mass is 194 g/mol. The van der Waals surface area contributed by atoms with Crippen molar-refractivity contribution in [2.75, 3.05) is 13.2 Å². The summed E-state index contributed by atoms with van der Waals surface area (Å²) in [5.41, 5.74) is 0.998. The molecule has 0 bridgehead atoms. The van der Waals surface area contributed by atoms with Gasteiger partial charge in [-0.25, -0.2) is 9.69 Å². The Hall–Kier alpha value is -1.78. The number of carbonyl (C=O) groups is 2. The molecule has 0 aliphatic carbocycles. The van der Waals surface area contributed by atoms with Gasteiger partial charge in [-0.1, -0.05) is 0 Å². The summed E-state index contributed by atoms with van der Waals surface area (Å²) in [6, 6.07) is 3.78. The van der Waals surface area contributed by atoms with Gasteiger partial charge in [-0.05, 0) is 12.1 Å². The second-order valence-electron chi connectivity index (χ2n) is 3.05. The third-order valence-electron chi connectivity index (χ3n) is 2.11. The molecule has 1 aliphatic rings. The van der Waals surface area contributed by atoms with E-state index in [0.717, 1.165) is 10.6 Å². The summed E-state index contributed by atoms with van der Waals surface area (Å²) in [6.07, 6.45) is 1.90. The van der Waals surface area contributed by atoms with Gasteiger partial charge < -0.3 is 9.72 Å². The van der Waals surface area contributed by atoms with Crippen LogP contribution >= 0.6 is 0 Å². The van der Waals surface area contributed by atoms with Gasteiger partial charge in [0.2, 0.25) is 0 Å². The number of imide groups is 1. The van der Waals surface area contributed by atoms with Gasteiger partial charge >= 0.3 is 6.09 Å². The van der Waals surface area contributed by atoms with Gasteiger partial charge in [0.1, 0.15) is 0 Å². The van der Waals surface area contributed by atoms with E-state index in [2.05, 4.69) is 9.72 Å². The molecule has 0 spiro atoms. The molecular formula is C9H10N2O3. The van der Waals surface area contributed by atoms with E-state index in [9.17, 15) is 9.59 Å². The molecule has 5 nitrogen and oxygen atoms in total. The van der Waals surface area contributed by atoms with Gasteiger partial charge in [-0.2, -0.15) is 0 Å². The zero-order valence-electron chi connectivity index (χ0n) is 7.53. The Bertz CT molecular complexity index is 329. The average Bonchev–Trinajstić information content (AvgIpc) is 2.76. The van der Waals surface area contributed by atoms with Crippen LogP contribution in [0.25, 0.3) is 0 Å². The fraction of sp³-hybridized carbons (Fsp3) is 0.333. The van der Waals surface area contributed by atoms with Crippen LogP contribution in [0.4, 0.5) is 4.79 Å². The zero-order valence-corrected chi connectivity index (χ0v) is 7.53. The van der Waals surface area contributed by atoms with Gasteiger partial charge in [0.05, 0.1) is 0 Å². The molecule has 1 aromatic rings. The number of H-pyrrole nitrogens is 1. The lowest BCUT2D eigenvalue weighted by Crippen LogP contribution is -2.31. The SMILES string of the molecule is O=C1COC(=O)N1CCc1ccc[nH]1. The number of aromatic nitrogens is 1. The van der Waals surface area contributed by atoms with Gasteiger partial charge in [-0.15, -0.1) is 0 Å². The van der Waals surface area contributed by atoms with Crippen LogP contribution in [0.2, 0.25) is 0 Å². The molecule has 1 fully saturated rings. The van der Waals surface area contributed by atoms with Crippen molar-refractivity contribution in [3.63, 3.8) is 0 Å². The van der Waals surface area contributed by atoms with Gasteiger partial charge in [0, 0.05) is 24.9 Å². The van der Waals surface area contributed by atoms with Crippen LogP contribution in [0, 0.1) is 0 Å². The van der Waals surface area contributed by atoms with Crippen LogP contribution < -0.4 is 0 Å². The molecule has 1 aromatic heterocycles. The number of carbonyl (C=O) groups excluding carboxylic acids is 2. The lowest BCUT2D eigenvalue weighted by Gasteiger charge is -2.08. The maximum Gasteiger partial charge on any atom is 0.417 e. The van der Waals surface area contributed by atoms with Crippen LogP contribution in [-0.4, -0.2) is 35.0 Å². The molecule has 2 amide bonds. The molecule has 1 N–H and O–H groups in total. The molecule has 1 saturated heterocycles. The van der Waals surface area contributed by atoms with Crippen molar-refractivity contribution in [1.29, 1.82) is 0 Å². The fourth-order valence-electron chi connectivity index (χ4n) is 1.35. The second kappa shape index (κ2) is 3.53. The van der Waals surface area contributed by atoms with Crippen molar-refractivity contribution >= 4 is 12.0 Å². The molecule has 2 heterocycles. The Kier molecular flexibility index (Phi) is 2.22. The van der Waals surface area contributed by atoms with E-state index < -0.39 is 6.09 Å². The van der Waals surface area contributed by atoms with E-state index >= 15 is 0 Å². The Balaban J connectivity index is 1.92. The second-order valence-corrected chi connectivity index (χ2v) is 3.05. The van der Waals surface area contributed by atoms with Crippen molar-refractivity contribution in [1.82, 2.24) is 9.88 Å². The molecule has 74 valence electrons. The molecule has 5 heteroatoms. The highest BCUT2D eigenvalue weighted by Gasteiger charge is 2.30. The number of cyclic esters (lactones) is 1. The molecule has 0 atom stereocenters. The molecule has 0 radical (unpaired) electrons. The number of ether oxygens (including phenoxy) is 1. The minimum atomic E-state index is -0.540. The number of rotatable bonds is 3. The van der Waals surface area contributed by atoms with E-state index in [4.69, 9.17) is 0 Å². The Labute approximate surface area is 80.7 Å². The number of aromatic amines is 1. The number of hydrogen-bond donors (Lipinski definition) is 1. The summed E-state index contributed by atoms with van der Waals surface area (Å²) in [7, 11) is 0. The summed E-state index contributed by atoms with van der Waals surface area (Å²) in [5, 5.41) is 0. The van der Waals surface area contributed by atoms with Crippen molar-refractivity contribution < 1.29 is 14.3 Å². The molecular weight excluding hydrogens is 184 g/mol. The van der Waals surface area contributed by atoms with Crippen LogP contribution in [0.3, 0.4) is 0 Å². The summed E-state index contributed by atoms with van der Waals surface area (Å²) in [5.74, 6) is -0.262. The number of hydrogen-bond acceptors (Lipinski definition) is 3. The summed E-state index contributed by atoms with van der Waals surface area (Å²) in [6.45, 7) is 0.252. The van der Waals surface area contributed by atoms with Crippen molar-refractivity contribution in [3.8, 4) is 0 Å². The molecule has 0 unspecified atom stereocenters. The third-order valence-corrected chi connectivity index (χ3v) is 2.11. The first kappa shape index (κ1) is 8.80. The largest absolute Gasteiger partial charge is 0.439 e. The smallest absolute Gasteiger partial charge is 0.417 e. The first-order chi connectivity index (χ1) is 6.77. The van der Waals surface area contributed by atoms with Crippen molar-refractivity contribution in [2.24, 2.45) is 0 Å². The summed E-state index contributed by atoms with van der Waals surface area (Å²) in [4.78, 5) is 26.3. The highest BCUT2D eigenvalue weighted by molar-refractivity contribution is 5.97. The maximum absolute atomic E-state index is 11.1. The normalized spacial score (nSPS) is 16.1. The third kappa shape index (κ3) is 1.61. The standard InChI is InChI=1S/C9H10N2O3/c12-8-6-14-9(13)11(8)5-3-7-2-1-4-10-7/h1-2,4,10H,3,5-6H2. The van der Waals surface area contributed by atoms with Crippen molar-refractivity contribution in [3.05, 3.63) is 24.0 Å². The van der Waals surface area contributed by atoms with E-state index in [1.165, 1.54) is 0 Å². The zero-order chi connectivity index (χ0) is 9.97. The summed E-state index contributed by atoms with van der Waals surface area (Å²) < 4.78 is 4.57. The first-order valence-electron chi connectivity index (χ1n) is 4.37. The molecule has 0 saturated carbocycles. The van der Waals surface area contributed by atoms with Crippen molar-refractivity contribution in [2.45, 2.75) is 6.42 Å². The van der Waals surface area contributed by atoms with Crippen LogP contribution in [0.1, 0.15) is 5.69 Å². The van der Waals surface area contributed by atoms with Gasteiger partial charge in [0.25, 0.3) is 5.91 Å². The predicted octanol–water partition coefficient (Wildman–Crippen LogP) is 0.536. The Morgan fingerprint density at radius 1 is 1.50 bits per heavy atom. The number of amides is 2. The van der Waals surface area contributed by atoms with E-state index in [0.29, 0.717) is 13.0 Å². The Morgan fingerprint density at radius 3 is 2.93 bits per heavy atom. The maximum atomic E-state index is 11.1. The predicted molar refractivity (Wildman–Crippen MR) is 47.6 cm³/mol. The summed E-state index contributed by atoms with van der Waals surface area (Å²) >= 11 is 0. The molecule has 2 rings (SSSR count). The topological polar surface area (TPSA) is 62.4 Å². The highest BCUT2D eigenvalue weighted by atomic mass is 16.6. The van der Waals surface area contributed by atoms with E-state index in [1.807, 2.05) is 12.1 Å².